The number of aliphatic hydroxyl groups excluding tert-OH is 1. The molecular formula is C27H42NO6P. The molecule has 1 aliphatic heterocycles. The number of carboxylic acids is 1. The van der Waals surface area contributed by atoms with Crippen molar-refractivity contribution < 1.29 is 28.9 Å². The van der Waals surface area contributed by atoms with Crippen LogP contribution in [0, 0.1) is 17.8 Å². The molecule has 0 radical (unpaired) electrons. The highest BCUT2D eigenvalue weighted by atomic mass is 31.2. The molecule has 2 N–H and O–H groups in total. The second-order valence-corrected chi connectivity index (χ2v) is 13.3. The molecule has 1 saturated heterocycles. The number of aliphatic carboxylic acids is 1. The Kier molecular flexibility index (Phi) is 10.4. The third kappa shape index (κ3) is 8.16. The molecule has 1 saturated carbocycles. The maximum Gasteiger partial charge on any atom is 0.326 e. The smallest absolute Gasteiger partial charge is 0.326 e. The van der Waals surface area contributed by atoms with Gasteiger partial charge in [-0.25, -0.2) is 4.79 Å². The Morgan fingerprint density at radius 3 is 2.40 bits per heavy atom. The van der Waals surface area contributed by atoms with Gasteiger partial charge in [-0.3, -0.25) is 13.9 Å². The van der Waals surface area contributed by atoms with Crippen molar-refractivity contribution in [2.24, 2.45) is 17.8 Å². The number of carboxylic acid groups (broad SMARTS) is 1. The number of nitrogens with zero attached hydrogens (tertiary/aromatic N) is 1. The molecular weight excluding hydrogens is 465 g/mol. The summed E-state index contributed by atoms with van der Waals surface area (Å²) in [6.07, 6.45) is 6.98. The van der Waals surface area contributed by atoms with Crippen molar-refractivity contribution in [1.29, 1.82) is 0 Å². The number of unbranched alkanes of at least 4 members (excludes halogenated alkanes) is 1. The summed E-state index contributed by atoms with van der Waals surface area (Å²) in [5.41, 5.74) is 1.19. The van der Waals surface area contributed by atoms with Gasteiger partial charge in [-0.2, -0.15) is 0 Å². The van der Waals surface area contributed by atoms with Crippen LogP contribution in [-0.2, 0) is 25.1 Å². The lowest BCUT2D eigenvalue weighted by Crippen LogP contribution is -2.42. The Morgan fingerprint density at radius 2 is 1.77 bits per heavy atom. The van der Waals surface area contributed by atoms with E-state index in [1.807, 2.05) is 30.3 Å². The molecule has 35 heavy (non-hydrogen) atoms. The third-order valence-electron chi connectivity index (χ3n) is 7.56. The van der Waals surface area contributed by atoms with E-state index in [4.69, 9.17) is 4.52 Å². The molecule has 0 bridgehead atoms. The number of hydrogen-bond acceptors (Lipinski definition) is 5. The van der Waals surface area contributed by atoms with Crippen LogP contribution in [0.3, 0.4) is 0 Å². The van der Waals surface area contributed by atoms with Gasteiger partial charge in [-0.15, -0.1) is 0 Å². The summed E-state index contributed by atoms with van der Waals surface area (Å²) in [6, 6.07) is 9.14. The van der Waals surface area contributed by atoms with Crippen LogP contribution < -0.4 is 0 Å². The predicted octanol–water partition coefficient (Wildman–Crippen LogP) is 5.16. The third-order valence-corrected chi connectivity index (χ3v) is 9.91. The number of aryl methyl sites for hydroxylation is 1. The standard InChI is InChI=1S/C27H42NO6P/c1-20(2)27(32)34-35(33,16-10-9-13-21-11-5-3-6-12-21)19-25(29)28-18-23(17-24(28)26(30)31)22-14-7-4-8-15-22/h3,5-6,11-12,20,22-24,27,32H,4,7-10,13-19H2,1-2H3,(H,30,31)/t23-,24+,27+,35?/m1/s1. The lowest BCUT2D eigenvalue weighted by Gasteiger charge is -2.28. The predicted molar refractivity (Wildman–Crippen MR) is 136 cm³/mol. The maximum atomic E-state index is 13.8. The number of carbonyl (C=O) groups excluding carboxylic acids is 1. The van der Waals surface area contributed by atoms with Gasteiger partial charge >= 0.3 is 5.97 Å². The van der Waals surface area contributed by atoms with Gasteiger partial charge < -0.3 is 15.1 Å². The van der Waals surface area contributed by atoms with E-state index >= 15 is 0 Å². The molecule has 1 aromatic carbocycles. The molecule has 0 spiro atoms. The highest BCUT2D eigenvalue weighted by Gasteiger charge is 2.44. The van der Waals surface area contributed by atoms with Gasteiger partial charge in [-0.1, -0.05) is 76.3 Å². The number of rotatable bonds is 12. The van der Waals surface area contributed by atoms with E-state index in [0.717, 1.165) is 38.5 Å². The molecule has 196 valence electrons. The van der Waals surface area contributed by atoms with Crippen LogP contribution in [0.4, 0.5) is 0 Å². The number of hydrogen-bond donors (Lipinski definition) is 2. The lowest BCUT2D eigenvalue weighted by atomic mass is 9.79. The minimum atomic E-state index is -3.50. The molecule has 8 heteroatoms. The van der Waals surface area contributed by atoms with Crippen LogP contribution in [0.25, 0.3) is 0 Å². The fourth-order valence-corrected chi connectivity index (χ4v) is 7.71. The van der Waals surface area contributed by atoms with Crippen molar-refractivity contribution in [3.63, 3.8) is 0 Å². The molecule has 2 fully saturated rings. The number of benzene rings is 1. The van der Waals surface area contributed by atoms with Crippen molar-refractivity contribution in [3.8, 4) is 0 Å². The van der Waals surface area contributed by atoms with Crippen molar-refractivity contribution in [1.82, 2.24) is 4.90 Å². The second-order valence-electron chi connectivity index (χ2n) is 10.7. The summed E-state index contributed by atoms with van der Waals surface area (Å²) in [6.45, 7) is 3.94. The monoisotopic (exact) mass is 507 g/mol. The minimum Gasteiger partial charge on any atom is -0.480 e. The molecule has 1 aliphatic carbocycles. The molecule has 1 unspecified atom stereocenters. The molecule has 1 heterocycles. The zero-order valence-corrected chi connectivity index (χ0v) is 22.1. The van der Waals surface area contributed by atoms with Gasteiger partial charge in [-0.05, 0) is 43.1 Å². The van der Waals surface area contributed by atoms with Gasteiger partial charge in [0.05, 0.1) is 0 Å². The Bertz CT molecular complexity index is 870. The highest BCUT2D eigenvalue weighted by Crippen LogP contribution is 2.50. The highest BCUT2D eigenvalue weighted by molar-refractivity contribution is 7.59. The zero-order valence-electron chi connectivity index (χ0n) is 21.2. The van der Waals surface area contributed by atoms with Crippen molar-refractivity contribution in [2.45, 2.75) is 84.0 Å². The van der Waals surface area contributed by atoms with Gasteiger partial charge in [0.15, 0.2) is 6.29 Å². The van der Waals surface area contributed by atoms with E-state index in [0.29, 0.717) is 25.3 Å². The van der Waals surface area contributed by atoms with E-state index in [-0.39, 0.29) is 24.2 Å². The fraction of sp³-hybridized carbons (Fsp3) is 0.704. The van der Waals surface area contributed by atoms with Crippen LogP contribution in [0.15, 0.2) is 30.3 Å². The average molecular weight is 508 g/mol. The van der Waals surface area contributed by atoms with Gasteiger partial charge in [0, 0.05) is 18.6 Å². The normalized spacial score (nSPS) is 23.8. The Balaban J connectivity index is 1.65. The van der Waals surface area contributed by atoms with Gasteiger partial charge in [0.2, 0.25) is 13.3 Å². The molecule has 7 nitrogen and oxygen atoms in total. The first kappa shape index (κ1) is 27.9. The van der Waals surface area contributed by atoms with E-state index in [2.05, 4.69) is 0 Å². The van der Waals surface area contributed by atoms with E-state index < -0.39 is 31.6 Å². The summed E-state index contributed by atoms with van der Waals surface area (Å²) < 4.78 is 19.4. The number of likely N-dealkylation sites (tertiary alicyclic amines) is 1. The summed E-state index contributed by atoms with van der Waals surface area (Å²) in [4.78, 5) is 26.7. The van der Waals surface area contributed by atoms with Crippen molar-refractivity contribution in [3.05, 3.63) is 35.9 Å². The quantitative estimate of drug-likeness (QED) is 0.230. The van der Waals surface area contributed by atoms with Crippen LogP contribution in [0.5, 0.6) is 0 Å². The number of amides is 1. The summed E-state index contributed by atoms with van der Waals surface area (Å²) in [7, 11) is -3.50. The van der Waals surface area contributed by atoms with Crippen LogP contribution in [0.2, 0.25) is 0 Å². The Labute approximate surface area is 209 Å². The molecule has 1 aromatic rings. The second kappa shape index (κ2) is 13.0. The van der Waals surface area contributed by atoms with Crippen LogP contribution in [0.1, 0.15) is 70.8 Å². The Morgan fingerprint density at radius 1 is 1.09 bits per heavy atom. The molecule has 2 aliphatic rings. The van der Waals surface area contributed by atoms with Crippen LogP contribution >= 0.6 is 7.37 Å². The van der Waals surface area contributed by atoms with E-state index in [1.165, 1.54) is 16.9 Å². The minimum absolute atomic E-state index is 0.174. The molecule has 4 atom stereocenters. The largest absolute Gasteiger partial charge is 0.480 e. The fourth-order valence-electron chi connectivity index (χ4n) is 5.44. The maximum absolute atomic E-state index is 13.8. The SMILES string of the molecule is CC(C)[C@@H](O)OP(=O)(CCCCc1ccccc1)CC(=O)N1C[C@H](C2CCCCC2)C[C@H]1C(=O)O. The first-order chi connectivity index (χ1) is 16.7. The Hall–Kier alpha value is -1.69. The molecule has 3 rings (SSSR count). The summed E-state index contributed by atoms with van der Waals surface area (Å²) in [5, 5.41) is 20.1. The summed E-state index contributed by atoms with van der Waals surface area (Å²) in [5.74, 6) is -1.08. The lowest BCUT2D eigenvalue weighted by molar-refractivity contribution is -0.147. The molecule has 0 aromatic heterocycles. The first-order valence-electron chi connectivity index (χ1n) is 13.2. The topological polar surface area (TPSA) is 104 Å². The molecule has 1 amide bonds. The van der Waals surface area contributed by atoms with E-state index in [1.54, 1.807) is 13.8 Å². The first-order valence-corrected chi connectivity index (χ1v) is 15.2. The van der Waals surface area contributed by atoms with Crippen molar-refractivity contribution in [2.75, 3.05) is 18.9 Å². The van der Waals surface area contributed by atoms with Gasteiger partial charge in [0.25, 0.3) is 0 Å². The zero-order chi connectivity index (χ0) is 25.4. The number of aliphatic hydroxyl groups is 1. The van der Waals surface area contributed by atoms with Crippen molar-refractivity contribution >= 4 is 19.2 Å². The van der Waals surface area contributed by atoms with E-state index in [9.17, 15) is 24.4 Å². The summed E-state index contributed by atoms with van der Waals surface area (Å²) >= 11 is 0. The van der Waals surface area contributed by atoms with Gasteiger partial charge in [0.1, 0.15) is 12.2 Å². The van der Waals surface area contributed by atoms with Crippen LogP contribution in [-0.4, -0.2) is 58.2 Å². The number of carbonyl (C=O) groups is 2. The average Bonchev–Trinajstić information content (AvgIpc) is 3.29.